The molecule has 0 heterocycles. The van der Waals surface area contributed by atoms with Crippen LogP contribution in [0.15, 0.2) is 51.0 Å². The fraction of sp³-hybridized carbons (Fsp3) is 0.158. The molecule has 0 spiro atoms. The first kappa shape index (κ1) is 21.1. The molecule has 0 bridgehead atoms. The molecule has 5 nitrogen and oxygen atoms in total. The summed E-state index contributed by atoms with van der Waals surface area (Å²) in [7, 11) is 2.61. The van der Waals surface area contributed by atoms with Gasteiger partial charge in [0, 0.05) is 11.1 Å². The number of esters is 1. The molecular weight excluding hydrogens is 485 g/mol. The van der Waals surface area contributed by atoms with E-state index in [1.165, 1.54) is 32.4 Å². The largest absolute Gasteiger partial charge is 0.488 e. The zero-order chi connectivity index (χ0) is 19.8. The van der Waals surface area contributed by atoms with Crippen LogP contribution in [0, 0.1) is 5.82 Å². The van der Waals surface area contributed by atoms with Crippen LogP contribution in [0.25, 0.3) is 6.08 Å². The van der Waals surface area contributed by atoms with Crippen LogP contribution in [-0.2, 0) is 21.0 Å². The SMILES string of the molecule is CON=C(C(=O)OC)c1ccccc1COc1ccc(F)cc1C=C(Br)Br. The highest BCUT2D eigenvalue weighted by Gasteiger charge is 2.19. The van der Waals surface area contributed by atoms with Gasteiger partial charge in [0.25, 0.3) is 0 Å². The lowest BCUT2D eigenvalue weighted by atomic mass is 10.0. The Hall–Kier alpha value is -2.19. The lowest BCUT2D eigenvalue weighted by molar-refractivity contribution is -0.132. The van der Waals surface area contributed by atoms with E-state index < -0.39 is 5.97 Å². The maximum Gasteiger partial charge on any atom is 0.360 e. The maximum atomic E-state index is 13.5. The number of oxime groups is 1. The van der Waals surface area contributed by atoms with Gasteiger partial charge in [-0.05, 0) is 61.7 Å². The van der Waals surface area contributed by atoms with Gasteiger partial charge in [-0.3, -0.25) is 0 Å². The molecule has 0 radical (unpaired) electrons. The number of halogens is 3. The minimum atomic E-state index is -0.627. The Morgan fingerprint density at radius 1 is 1.19 bits per heavy atom. The summed E-state index contributed by atoms with van der Waals surface area (Å²) in [5.41, 5.74) is 1.79. The van der Waals surface area contributed by atoms with E-state index in [1.807, 2.05) is 6.07 Å². The summed E-state index contributed by atoms with van der Waals surface area (Å²) < 4.78 is 24.8. The first-order chi connectivity index (χ1) is 13.0. The van der Waals surface area contributed by atoms with Gasteiger partial charge in [0.05, 0.1) is 10.5 Å². The molecule has 0 N–H and O–H groups in total. The van der Waals surface area contributed by atoms with E-state index in [1.54, 1.807) is 24.3 Å². The molecule has 0 atom stereocenters. The summed E-state index contributed by atoms with van der Waals surface area (Å²) in [5, 5.41) is 3.76. The van der Waals surface area contributed by atoms with Crippen molar-refractivity contribution in [2.75, 3.05) is 14.2 Å². The second kappa shape index (κ2) is 10.2. The highest BCUT2D eigenvalue weighted by molar-refractivity contribution is 9.28. The zero-order valence-corrected chi connectivity index (χ0v) is 17.7. The average Bonchev–Trinajstić information content (AvgIpc) is 2.65. The molecule has 8 heteroatoms. The van der Waals surface area contributed by atoms with Crippen molar-refractivity contribution in [2.45, 2.75) is 6.61 Å². The van der Waals surface area contributed by atoms with Gasteiger partial charge in [-0.15, -0.1) is 0 Å². The molecule has 0 aliphatic heterocycles. The number of hydrogen-bond donors (Lipinski definition) is 0. The van der Waals surface area contributed by atoms with E-state index in [0.717, 1.165) is 0 Å². The molecule has 0 amide bonds. The Balaban J connectivity index is 2.34. The summed E-state index contributed by atoms with van der Waals surface area (Å²) in [6.07, 6.45) is 1.68. The number of rotatable bonds is 7. The molecule has 0 aromatic heterocycles. The number of methoxy groups -OCH3 is 1. The van der Waals surface area contributed by atoms with Crippen molar-refractivity contribution in [1.29, 1.82) is 0 Å². The molecule has 2 aromatic carbocycles. The van der Waals surface area contributed by atoms with Crippen molar-refractivity contribution in [1.82, 2.24) is 0 Å². The number of nitrogens with zero attached hydrogens (tertiary/aromatic N) is 1. The molecule has 0 saturated carbocycles. The van der Waals surface area contributed by atoms with Crippen LogP contribution >= 0.6 is 31.9 Å². The fourth-order valence-electron chi connectivity index (χ4n) is 2.30. The van der Waals surface area contributed by atoms with E-state index in [9.17, 15) is 9.18 Å². The van der Waals surface area contributed by atoms with Crippen LogP contribution in [0.1, 0.15) is 16.7 Å². The van der Waals surface area contributed by atoms with Crippen LogP contribution in [-0.4, -0.2) is 25.9 Å². The van der Waals surface area contributed by atoms with Gasteiger partial charge in [-0.25, -0.2) is 9.18 Å². The van der Waals surface area contributed by atoms with Crippen LogP contribution in [0.3, 0.4) is 0 Å². The molecule has 2 rings (SSSR count). The minimum absolute atomic E-state index is 0.0293. The third-order valence-electron chi connectivity index (χ3n) is 3.45. The molecule has 2 aromatic rings. The topological polar surface area (TPSA) is 57.1 Å². The van der Waals surface area contributed by atoms with Crippen molar-refractivity contribution < 1.29 is 23.5 Å². The Morgan fingerprint density at radius 2 is 1.93 bits per heavy atom. The summed E-state index contributed by atoms with van der Waals surface area (Å²) in [4.78, 5) is 16.8. The van der Waals surface area contributed by atoms with E-state index in [2.05, 4.69) is 37.0 Å². The van der Waals surface area contributed by atoms with E-state index in [-0.39, 0.29) is 18.1 Å². The molecular formula is C19H16Br2FNO4. The predicted octanol–water partition coefficient (Wildman–Crippen LogP) is 5.02. The van der Waals surface area contributed by atoms with Gasteiger partial charge in [-0.2, -0.15) is 0 Å². The van der Waals surface area contributed by atoms with Crippen molar-refractivity contribution in [3.8, 4) is 5.75 Å². The summed E-state index contributed by atoms with van der Waals surface area (Å²) in [6, 6.07) is 11.3. The van der Waals surface area contributed by atoms with Gasteiger partial charge < -0.3 is 14.3 Å². The number of carbonyl (C=O) groups is 1. The van der Waals surface area contributed by atoms with E-state index in [0.29, 0.717) is 25.8 Å². The zero-order valence-electron chi connectivity index (χ0n) is 14.5. The first-order valence-electron chi connectivity index (χ1n) is 7.69. The van der Waals surface area contributed by atoms with Crippen molar-refractivity contribution in [2.24, 2.45) is 5.16 Å². The number of benzene rings is 2. The van der Waals surface area contributed by atoms with E-state index in [4.69, 9.17) is 14.3 Å². The lowest BCUT2D eigenvalue weighted by Gasteiger charge is -2.13. The van der Waals surface area contributed by atoms with Crippen molar-refractivity contribution >= 4 is 49.6 Å². The number of hydrogen-bond acceptors (Lipinski definition) is 5. The fourth-order valence-corrected chi connectivity index (χ4v) is 2.79. The second-order valence-corrected chi connectivity index (χ2v) is 7.95. The Bertz CT molecular complexity index is 880. The van der Waals surface area contributed by atoms with E-state index >= 15 is 0 Å². The van der Waals surface area contributed by atoms with Crippen LogP contribution in [0.2, 0.25) is 0 Å². The predicted molar refractivity (Wildman–Crippen MR) is 109 cm³/mol. The minimum Gasteiger partial charge on any atom is -0.488 e. The summed E-state index contributed by atoms with van der Waals surface area (Å²) in [5.74, 6) is -0.528. The molecule has 0 unspecified atom stereocenters. The average molecular weight is 501 g/mol. The second-order valence-electron chi connectivity index (χ2n) is 5.18. The van der Waals surface area contributed by atoms with Crippen molar-refractivity contribution in [3.63, 3.8) is 0 Å². The van der Waals surface area contributed by atoms with Gasteiger partial charge >= 0.3 is 5.97 Å². The van der Waals surface area contributed by atoms with Crippen LogP contribution < -0.4 is 4.74 Å². The molecule has 0 aliphatic carbocycles. The van der Waals surface area contributed by atoms with Gasteiger partial charge in [0.1, 0.15) is 25.3 Å². The Labute approximate surface area is 173 Å². The highest BCUT2D eigenvalue weighted by Crippen LogP contribution is 2.27. The van der Waals surface area contributed by atoms with Crippen LogP contribution in [0.5, 0.6) is 5.75 Å². The number of ether oxygens (including phenoxy) is 2. The quantitative estimate of drug-likeness (QED) is 0.304. The third kappa shape index (κ3) is 5.90. The first-order valence-corrected chi connectivity index (χ1v) is 9.27. The molecule has 0 aliphatic rings. The molecule has 27 heavy (non-hydrogen) atoms. The summed E-state index contributed by atoms with van der Waals surface area (Å²) in [6.45, 7) is 0.127. The molecule has 0 fully saturated rings. The van der Waals surface area contributed by atoms with Crippen LogP contribution in [0.4, 0.5) is 4.39 Å². The standard InChI is InChI=1S/C19H16Br2FNO4/c1-25-19(24)18(23-26-2)15-6-4-3-5-12(15)11-27-16-8-7-14(22)9-13(16)10-17(20)21/h3-10H,11H2,1-2H3. The summed E-state index contributed by atoms with van der Waals surface area (Å²) >= 11 is 6.51. The molecule has 0 saturated heterocycles. The Kier molecular flexibility index (Phi) is 7.99. The van der Waals surface area contributed by atoms with Gasteiger partial charge in [0.2, 0.25) is 0 Å². The normalized spacial score (nSPS) is 10.9. The highest BCUT2D eigenvalue weighted by atomic mass is 79.9. The van der Waals surface area contributed by atoms with Gasteiger partial charge in [-0.1, -0.05) is 29.4 Å². The number of carbonyl (C=O) groups excluding carboxylic acids is 1. The molecule has 142 valence electrons. The third-order valence-corrected chi connectivity index (χ3v) is 3.91. The monoisotopic (exact) mass is 499 g/mol. The lowest BCUT2D eigenvalue weighted by Crippen LogP contribution is -2.19. The van der Waals surface area contributed by atoms with Crippen molar-refractivity contribution in [3.05, 3.63) is 68.4 Å². The Morgan fingerprint density at radius 3 is 2.59 bits per heavy atom. The smallest absolute Gasteiger partial charge is 0.360 e. The van der Waals surface area contributed by atoms with Gasteiger partial charge in [0.15, 0.2) is 5.71 Å². The maximum absolute atomic E-state index is 13.5.